The van der Waals surface area contributed by atoms with Crippen molar-refractivity contribution in [2.75, 3.05) is 16.8 Å². The van der Waals surface area contributed by atoms with Gasteiger partial charge in [0.25, 0.3) is 0 Å². The summed E-state index contributed by atoms with van der Waals surface area (Å²) in [5, 5.41) is 4.42. The number of anilines is 2. The van der Waals surface area contributed by atoms with E-state index in [1.807, 2.05) is 12.1 Å². The van der Waals surface area contributed by atoms with E-state index < -0.39 is 0 Å². The van der Waals surface area contributed by atoms with E-state index in [0.29, 0.717) is 6.04 Å². The van der Waals surface area contributed by atoms with Gasteiger partial charge in [-0.2, -0.15) is 11.8 Å². The van der Waals surface area contributed by atoms with Gasteiger partial charge in [-0.15, -0.1) is 0 Å². The molecule has 0 amide bonds. The second-order valence-electron chi connectivity index (χ2n) is 4.71. The number of aryl methyl sites for hydroxylation is 1. The van der Waals surface area contributed by atoms with Crippen molar-refractivity contribution in [2.24, 2.45) is 0 Å². The van der Waals surface area contributed by atoms with Gasteiger partial charge < -0.3 is 11.1 Å². The van der Waals surface area contributed by atoms with Gasteiger partial charge >= 0.3 is 0 Å². The maximum Gasteiger partial charge on any atom is 0.0606 e. The van der Waals surface area contributed by atoms with Crippen molar-refractivity contribution >= 4 is 23.1 Å². The van der Waals surface area contributed by atoms with Gasteiger partial charge in [0.2, 0.25) is 0 Å². The summed E-state index contributed by atoms with van der Waals surface area (Å²) in [6, 6.07) is 6.70. The Balaban J connectivity index is 2.09. The van der Waals surface area contributed by atoms with Crippen LogP contribution in [0.3, 0.4) is 0 Å². The third-order valence-electron chi connectivity index (χ3n) is 3.47. The minimum atomic E-state index is 0.586. The summed E-state index contributed by atoms with van der Waals surface area (Å²) in [6.07, 6.45) is 3.94. The third kappa shape index (κ3) is 2.89. The van der Waals surface area contributed by atoms with E-state index in [1.54, 1.807) is 0 Å². The first-order valence-electron chi connectivity index (χ1n) is 6.45. The van der Waals surface area contributed by atoms with Gasteiger partial charge in [0, 0.05) is 11.3 Å². The second kappa shape index (κ2) is 5.67. The molecule has 2 nitrogen and oxygen atoms in total. The molecular weight excluding hydrogens is 228 g/mol. The number of para-hydroxylation sites is 1. The van der Waals surface area contributed by atoms with Crippen LogP contribution in [0.4, 0.5) is 11.4 Å². The molecule has 0 bridgehead atoms. The highest BCUT2D eigenvalue weighted by molar-refractivity contribution is 7.99. The minimum Gasteiger partial charge on any atom is -0.397 e. The van der Waals surface area contributed by atoms with E-state index in [9.17, 15) is 0 Å². The molecule has 2 atom stereocenters. The number of thioether (sulfide) groups is 1. The van der Waals surface area contributed by atoms with Gasteiger partial charge in [0.05, 0.1) is 11.4 Å². The van der Waals surface area contributed by atoms with Gasteiger partial charge in [0.15, 0.2) is 0 Å². The molecule has 17 heavy (non-hydrogen) atoms. The maximum atomic E-state index is 6.05. The largest absolute Gasteiger partial charge is 0.397 e. The number of nitrogen functional groups attached to an aromatic ring is 1. The number of benzene rings is 1. The molecule has 0 aliphatic heterocycles. The standard InChI is InChI=1S/C14H22N2S/c1-3-17-13-9-5-8-12(13)16-14-10(2)6-4-7-11(14)15/h4,6-7,12-13,16H,3,5,8-9,15H2,1-2H3. The molecule has 2 rings (SSSR count). The zero-order valence-corrected chi connectivity index (χ0v) is 11.5. The SMILES string of the molecule is CCSC1CCCC1Nc1c(C)cccc1N. The summed E-state index contributed by atoms with van der Waals surface area (Å²) >= 11 is 2.07. The molecule has 1 aromatic carbocycles. The van der Waals surface area contributed by atoms with E-state index in [-0.39, 0.29) is 0 Å². The van der Waals surface area contributed by atoms with Crippen LogP contribution in [0.2, 0.25) is 0 Å². The average molecular weight is 250 g/mol. The van der Waals surface area contributed by atoms with Crippen LogP contribution in [0, 0.1) is 6.92 Å². The first-order chi connectivity index (χ1) is 8.22. The summed E-state index contributed by atoms with van der Waals surface area (Å²) in [6.45, 7) is 4.36. The molecule has 1 aromatic rings. The molecule has 1 fully saturated rings. The van der Waals surface area contributed by atoms with Crippen LogP contribution in [0.25, 0.3) is 0 Å². The van der Waals surface area contributed by atoms with Gasteiger partial charge in [-0.1, -0.05) is 25.5 Å². The number of hydrogen-bond acceptors (Lipinski definition) is 3. The lowest BCUT2D eigenvalue weighted by Gasteiger charge is -2.23. The van der Waals surface area contributed by atoms with Crippen LogP contribution in [-0.2, 0) is 0 Å². The van der Waals surface area contributed by atoms with Crippen LogP contribution in [0.15, 0.2) is 18.2 Å². The highest BCUT2D eigenvalue weighted by atomic mass is 32.2. The van der Waals surface area contributed by atoms with Crippen LogP contribution < -0.4 is 11.1 Å². The fourth-order valence-corrected chi connectivity index (χ4v) is 3.78. The van der Waals surface area contributed by atoms with Crippen LogP contribution in [-0.4, -0.2) is 17.0 Å². The van der Waals surface area contributed by atoms with Crippen molar-refractivity contribution < 1.29 is 0 Å². The lowest BCUT2D eigenvalue weighted by molar-refractivity contribution is 0.767. The van der Waals surface area contributed by atoms with Crippen molar-refractivity contribution in [1.29, 1.82) is 0 Å². The average Bonchev–Trinajstić information content (AvgIpc) is 2.72. The number of rotatable bonds is 4. The number of hydrogen-bond donors (Lipinski definition) is 2. The molecule has 3 N–H and O–H groups in total. The van der Waals surface area contributed by atoms with Crippen molar-refractivity contribution in [2.45, 2.75) is 44.4 Å². The molecule has 94 valence electrons. The highest BCUT2D eigenvalue weighted by Gasteiger charge is 2.27. The quantitative estimate of drug-likeness (QED) is 0.801. The fourth-order valence-electron chi connectivity index (χ4n) is 2.58. The Hall–Kier alpha value is -0.830. The normalized spacial score (nSPS) is 23.9. The molecular formula is C14H22N2S. The topological polar surface area (TPSA) is 38.0 Å². The van der Waals surface area contributed by atoms with E-state index in [1.165, 1.54) is 30.6 Å². The van der Waals surface area contributed by atoms with Gasteiger partial charge in [-0.3, -0.25) is 0 Å². The third-order valence-corrected chi connectivity index (χ3v) is 4.79. The molecule has 1 aliphatic rings. The maximum absolute atomic E-state index is 6.05. The molecule has 3 heteroatoms. The summed E-state index contributed by atoms with van der Waals surface area (Å²) in [5.41, 5.74) is 9.31. The summed E-state index contributed by atoms with van der Waals surface area (Å²) in [4.78, 5) is 0. The van der Waals surface area contributed by atoms with Gasteiger partial charge in [0.1, 0.15) is 0 Å². The van der Waals surface area contributed by atoms with Crippen molar-refractivity contribution in [3.63, 3.8) is 0 Å². The zero-order chi connectivity index (χ0) is 12.3. The Bertz CT molecular complexity index is 358. The Morgan fingerprint density at radius 3 is 2.94 bits per heavy atom. The second-order valence-corrected chi connectivity index (χ2v) is 6.23. The molecule has 0 aromatic heterocycles. The lowest BCUT2D eigenvalue weighted by atomic mass is 10.1. The van der Waals surface area contributed by atoms with E-state index in [0.717, 1.165) is 16.6 Å². The van der Waals surface area contributed by atoms with Gasteiger partial charge in [-0.25, -0.2) is 0 Å². The molecule has 0 radical (unpaired) electrons. The first-order valence-corrected chi connectivity index (χ1v) is 7.50. The minimum absolute atomic E-state index is 0.586. The van der Waals surface area contributed by atoms with Crippen molar-refractivity contribution in [1.82, 2.24) is 0 Å². The van der Waals surface area contributed by atoms with Crippen molar-refractivity contribution in [3.8, 4) is 0 Å². The molecule has 0 spiro atoms. The lowest BCUT2D eigenvalue weighted by Crippen LogP contribution is -2.27. The molecule has 0 saturated heterocycles. The Kier molecular flexibility index (Phi) is 4.21. The molecule has 1 saturated carbocycles. The zero-order valence-electron chi connectivity index (χ0n) is 10.7. The van der Waals surface area contributed by atoms with Crippen LogP contribution in [0.5, 0.6) is 0 Å². The van der Waals surface area contributed by atoms with Crippen molar-refractivity contribution in [3.05, 3.63) is 23.8 Å². The predicted octanol–water partition coefficient (Wildman–Crippen LogP) is 3.66. The smallest absolute Gasteiger partial charge is 0.0606 e. The Morgan fingerprint density at radius 2 is 2.24 bits per heavy atom. The summed E-state index contributed by atoms with van der Waals surface area (Å²) in [5.74, 6) is 1.20. The first kappa shape index (κ1) is 12.6. The fraction of sp³-hybridized carbons (Fsp3) is 0.571. The van der Waals surface area contributed by atoms with E-state index in [4.69, 9.17) is 5.73 Å². The summed E-state index contributed by atoms with van der Waals surface area (Å²) in [7, 11) is 0. The summed E-state index contributed by atoms with van der Waals surface area (Å²) < 4.78 is 0. The molecule has 1 aliphatic carbocycles. The Labute approximate surface area is 108 Å². The monoisotopic (exact) mass is 250 g/mol. The number of nitrogens with two attached hydrogens (primary N) is 1. The predicted molar refractivity (Wildman–Crippen MR) is 78.8 cm³/mol. The highest BCUT2D eigenvalue weighted by Crippen LogP contribution is 2.34. The molecule has 0 heterocycles. The van der Waals surface area contributed by atoms with E-state index >= 15 is 0 Å². The molecule has 2 unspecified atom stereocenters. The van der Waals surface area contributed by atoms with Crippen LogP contribution in [0.1, 0.15) is 31.7 Å². The van der Waals surface area contributed by atoms with Crippen LogP contribution >= 0.6 is 11.8 Å². The van der Waals surface area contributed by atoms with Gasteiger partial charge in [-0.05, 0) is 37.1 Å². The number of nitrogens with one attached hydrogen (secondary N) is 1. The Morgan fingerprint density at radius 1 is 1.41 bits per heavy atom. The van der Waals surface area contributed by atoms with E-state index in [2.05, 4.69) is 37.0 Å².